The number of aromatic amines is 1. The van der Waals surface area contributed by atoms with Crippen molar-refractivity contribution < 1.29 is 22.3 Å². The van der Waals surface area contributed by atoms with Crippen LogP contribution in [0.4, 0.5) is 4.39 Å². The number of rotatable bonds is 6. The van der Waals surface area contributed by atoms with E-state index >= 15 is 0 Å². The lowest BCUT2D eigenvalue weighted by molar-refractivity contribution is -0.199. The van der Waals surface area contributed by atoms with Gasteiger partial charge < -0.3 is 14.6 Å². The maximum absolute atomic E-state index is 13.2. The second-order valence-electron chi connectivity index (χ2n) is 9.46. The molecule has 0 unspecified atom stereocenters. The highest BCUT2D eigenvalue weighted by Crippen LogP contribution is 2.39. The number of aromatic nitrogens is 3. The molecule has 12 heteroatoms. The highest BCUT2D eigenvalue weighted by Gasteiger charge is 2.52. The van der Waals surface area contributed by atoms with Crippen LogP contribution in [-0.2, 0) is 19.6 Å². The summed E-state index contributed by atoms with van der Waals surface area (Å²) in [5.41, 5.74) is 1.02. The van der Waals surface area contributed by atoms with Crippen LogP contribution in [-0.4, -0.2) is 82.6 Å². The Kier molecular flexibility index (Phi) is 6.16. The van der Waals surface area contributed by atoms with Crippen LogP contribution in [0.25, 0.3) is 11.5 Å². The molecule has 0 bridgehead atoms. The van der Waals surface area contributed by atoms with Crippen LogP contribution < -0.4 is 0 Å². The van der Waals surface area contributed by atoms with Gasteiger partial charge in [0.15, 0.2) is 11.0 Å². The highest BCUT2D eigenvalue weighted by atomic mass is 35.5. The first-order valence-corrected chi connectivity index (χ1v) is 13.4. The molecule has 3 saturated heterocycles. The van der Waals surface area contributed by atoms with Crippen LogP contribution in [0.1, 0.15) is 37.8 Å². The molecule has 5 rings (SSSR count). The number of H-pyrrole nitrogens is 1. The Morgan fingerprint density at radius 2 is 2.15 bits per heavy atom. The molecule has 5 heterocycles. The number of carbonyl (C=O) groups excluding carboxylic acids is 1. The van der Waals surface area contributed by atoms with Crippen LogP contribution in [0.5, 0.6) is 0 Å². The van der Waals surface area contributed by atoms with Crippen molar-refractivity contribution in [2.24, 2.45) is 5.92 Å². The zero-order valence-electron chi connectivity index (χ0n) is 18.8. The molecular formula is C22H27ClFN5O4S. The molecule has 0 aliphatic carbocycles. The van der Waals surface area contributed by atoms with E-state index in [1.54, 1.807) is 4.90 Å². The van der Waals surface area contributed by atoms with Gasteiger partial charge in [0.1, 0.15) is 11.5 Å². The van der Waals surface area contributed by atoms with E-state index in [0.29, 0.717) is 55.9 Å². The summed E-state index contributed by atoms with van der Waals surface area (Å²) in [5.74, 6) is -0.332. The van der Waals surface area contributed by atoms with Gasteiger partial charge >= 0.3 is 0 Å². The molecule has 2 aromatic heterocycles. The number of piperidine rings is 1. The summed E-state index contributed by atoms with van der Waals surface area (Å²) >= 11 is 6.40. The lowest BCUT2D eigenvalue weighted by atomic mass is 9.82. The molecule has 1 spiro atoms. The molecule has 184 valence electrons. The zero-order valence-corrected chi connectivity index (χ0v) is 20.4. The van der Waals surface area contributed by atoms with E-state index in [4.69, 9.17) is 16.3 Å². The Bertz CT molecular complexity index is 1180. The van der Waals surface area contributed by atoms with Crippen molar-refractivity contribution in [2.45, 2.75) is 37.6 Å². The first kappa shape index (κ1) is 23.7. The van der Waals surface area contributed by atoms with Crippen LogP contribution >= 0.6 is 11.6 Å². The fourth-order valence-corrected chi connectivity index (χ4v) is 6.89. The standard InChI is InChI=1S/C22H27ClFN5O4S/c1-14-11-28(34(31,32)9-5-18(30)29-8-6-22(29)12-33-13-22)7-4-16(14)19-20(23)27-21(26-19)17-3-2-15(24)10-25-17/h2-3,10,14,16H,4-9,11-13H2,1H3,(H,26,27)/t14-,16+/m0/s1. The fraction of sp³-hybridized carbons (Fsp3) is 0.591. The lowest BCUT2D eigenvalue weighted by Gasteiger charge is -2.57. The van der Waals surface area contributed by atoms with Gasteiger partial charge in [0.2, 0.25) is 15.9 Å². The third kappa shape index (κ3) is 4.23. The number of pyridine rings is 1. The minimum atomic E-state index is -3.56. The third-order valence-corrected chi connectivity index (χ3v) is 9.40. The van der Waals surface area contributed by atoms with Gasteiger partial charge in [-0.25, -0.2) is 27.1 Å². The van der Waals surface area contributed by atoms with E-state index < -0.39 is 15.8 Å². The average molecular weight is 512 g/mol. The van der Waals surface area contributed by atoms with Gasteiger partial charge in [0, 0.05) is 32.0 Å². The number of sulfonamides is 1. The normalized spacial score (nSPS) is 24.6. The number of imidazole rings is 1. The zero-order chi connectivity index (χ0) is 24.1. The predicted molar refractivity (Wildman–Crippen MR) is 123 cm³/mol. The summed E-state index contributed by atoms with van der Waals surface area (Å²) in [6.07, 6.45) is 2.59. The molecular weight excluding hydrogens is 485 g/mol. The van der Waals surface area contributed by atoms with Crippen LogP contribution in [0.15, 0.2) is 18.3 Å². The van der Waals surface area contributed by atoms with E-state index in [1.807, 2.05) is 6.92 Å². The monoisotopic (exact) mass is 511 g/mol. The topological polar surface area (TPSA) is 108 Å². The SMILES string of the molecule is C[C@H]1CN(S(=O)(=O)CCC(=O)N2CCC23COC3)CC[C@H]1c1[nH]c(-c2ccc(F)cn2)nc1Cl. The van der Waals surface area contributed by atoms with E-state index in [0.717, 1.165) is 18.3 Å². The molecule has 1 N–H and O–H groups in total. The molecule has 34 heavy (non-hydrogen) atoms. The largest absolute Gasteiger partial charge is 0.376 e. The smallest absolute Gasteiger partial charge is 0.224 e. The van der Waals surface area contributed by atoms with E-state index in [-0.39, 0.29) is 35.5 Å². The molecule has 9 nitrogen and oxygen atoms in total. The number of ether oxygens (including phenoxy) is 1. The Morgan fingerprint density at radius 1 is 1.35 bits per heavy atom. The summed E-state index contributed by atoms with van der Waals surface area (Å²) in [7, 11) is -3.56. The average Bonchev–Trinajstić information content (AvgIpc) is 3.12. The van der Waals surface area contributed by atoms with Crippen LogP contribution in [0.3, 0.4) is 0 Å². The van der Waals surface area contributed by atoms with Crippen molar-refractivity contribution in [1.29, 1.82) is 0 Å². The number of hydrogen-bond acceptors (Lipinski definition) is 6. The molecule has 1 amide bonds. The second kappa shape index (κ2) is 8.85. The summed E-state index contributed by atoms with van der Waals surface area (Å²) < 4.78 is 45.9. The van der Waals surface area contributed by atoms with Gasteiger partial charge in [-0.05, 0) is 30.9 Å². The van der Waals surface area contributed by atoms with Gasteiger partial charge in [-0.15, -0.1) is 0 Å². The van der Waals surface area contributed by atoms with Gasteiger partial charge in [-0.3, -0.25) is 4.79 Å². The quantitative estimate of drug-likeness (QED) is 0.638. The van der Waals surface area contributed by atoms with Gasteiger partial charge in [-0.1, -0.05) is 18.5 Å². The third-order valence-electron chi connectivity index (χ3n) is 7.28. The van der Waals surface area contributed by atoms with Crippen molar-refractivity contribution in [1.82, 2.24) is 24.2 Å². The number of hydrogen-bond donors (Lipinski definition) is 1. The molecule has 2 aromatic rings. The maximum Gasteiger partial charge on any atom is 0.224 e. The Labute approximate surface area is 202 Å². The first-order chi connectivity index (χ1) is 16.2. The van der Waals surface area contributed by atoms with Crippen molar-refractivity contribution in [2.75, 3.05) is 38.6 Å². The number of carbonyl (C=O) groups is 1. The van der Waals surface area contributed by atoms with Crippen molar-refractivity contribution in [3.8, 4) is 11.5 Å². The second-order valence-corrected chi connectivity index (χ2v) is 11.9. The molecule has 3 aliphatic heterocycles. The van der Waals surface area contributed by atoms with E-state index in [2.05, 4.69) is 15.0 Å². The Hall–Kier alpha value is -2.08. The minimum absolute atomic E-state index is 0.0122. The highest BCUT2D eigenvalue weighted by molar-refractivity contribution is 7.89. The van der Waals surface area contributed by atoms with Crippen LogP contribution in [0.2, 0.25) is 5.15 Å². The maximum atomic E-state index is 13.2. The number of likely N-dealkylation sites (tertiary alicyclic amines) is 1. The number of nitrogens with one attached hydrogen (secondary N) is 1. The molecule has 2 atom stereocenters. The van der Waals surface area contributed by atoms with E-state index in [9.17, 15) is 17.6 Å². The molecule has 0 saturated carbocycles. The summed E-state index contributed by atoms with van der Waals surface area (Å²) in [6, 6.07) is 2.82. The number of nitrogens with zero attached hydrogens (tertiary/aromatic N) is 4. The number of amides is 1. The van der Waals surface area contributed by atoms with Gasteiger partial charge in [-0.2, -0.15) is 0 Å². The fourth-order valence-electron chi connectivity index (χ4n) is 5.08. The summed E-state index contributed by atoms with van der Waals surface area (Å²) in [6.45, 7) is 4.42. The van der Waals surface area contributed by atoms with Crippen molar-refractivity contribution in [3.63, 3.8) is 0 Å². The first-order valence-electron chi connectivity index (χ1n) is 11.4. The Balaban J connectivity index is 1.20. The molecule has 0 aromatic carbocycles. The predicted octanol–water partition coefficient (Wildman–Crippen LogP) is 2.41. The van der Waals surface area contributed by atoms with Crippen LogP contribution in [0, 0.1) is 11.7 Å². The van der Waals surface area contributed by atoms with Gasteiger partial charge in [0.05, 0.1) is 36.4 Å². The van der Waals surface area contributed by atoms with Crippen molar-refractivity contribution in [3.05, 3.63) is 35.0 Å². The Morgan fingerprint density at radius 3 is 2.74 bits per heavy atom. The van der Waals surface area contributed by atoms with Gasteiger partial charge in [0.25, 0.3) is 0 Å². The molecule has 3 fully saturated rings. The minimum Gasteiger partial charge on any atom is -0.376 e. The van der Waals surface area contributed by atoms with E-state index in [1.165, 1.54) is 16.4 Å². The summed E-state index contributed by atoms with van der Waals surface area (Å²) in [4.78, 5) is 25.9. The summed E-state index contributed by atoms with van der Waals surface area (Å²) in [5, 5.41) is 0.309. The van der Waals surface area contributed by atoms with Crippen molar-refractivity contribution >= 4 is 27.5 Å². The number of halogens is 2. The molecule has 3 aliphatic rings. The lowest BCUT2D eigenvalue weighted by Crippen LogP contribution is -2.72. The molecule has 0 radical (unpaired) electrons.